The molecule has 1 unspecified atom stereocenters. The standard InChI is InChI=1S/C8H14O/c9-8-4-2-6-1-3-7(8)5-6/h6-9H,1-5H2/t6-,7-,8?/m0/s1. The normalized spacial score (nSPS) is 49.7. The van der Waals surface area contributed by atoms with Crippen LogP contribution in [-0.2, 0) is 0 Å². The molecule has 3 atom stereocenters. The Kier molecular flexibility index (Phi) is 1.26. The summed E-state index contributed by atoms with van der Waals surface area (Å²) >= 11 is 0. The predicted octanol–water partition coefficient (Wildman–Crippen LogP) is 1.56. The third-order valence-electron chi connectivity index (χ3n) is 3.00. The van der Waals surface area contributed by atoms with Crippen LogP contribution in [0.2, 0.25) is 0 Å². The molecule has 2 aliphatic rings. The maximum atomic E-state index is 9.40. The largest absolute Gasteiger partial charge is 0.393 e. The molecule has 52 valence electrons. The van der Waals surface area contributed by atoms with Crippen molar-refractivity contribution in [3.05, 3.63) is 0 Å². The minimum absolute atomic E-state index is 0.0590. The van der Waals surface area contributed by atoms with Gasteiger partial charge < -0.3 is 5.11 Å². The summed E-state index contributed by atoms with van der Waals surface area (Å²) in [4.78, 5) is 0. The lowest BCUT2D eigenvalue weighted by Gasteiger charge is -2.23. The average Bonchev–Trinajstić information content (AvgIpc) is 2.25. The highest BCUT2D eigenvalue weighted by molar-refractivity contribution is 4.85. The first-order chi connectivity index (χ1) is 4.36. The second-order valence-electron chi connectivity index (χ2n) is 3.58. The molecule has 0 spiro atoms. The topological polar surface area (TPSA) is 20.2 Å². The van der Waals surface area contributed by atoms with E-state index in [1.807, 2.05) is 0 Å². The van der Waals surface area contributed by atoms with Crippen molar-refractivity contribution in [2.75, 3.05) is 0 Å². The maximum absolute atomic E-state index is 9.40. The van der Waals surface area contributed by atoms with Crippen molar-refractivity contribution in [3.8, 4) is 0 Å². The van der Waals surface area contributed by atoms with Crippen LogP contribution in [0.5, 0.6) is 0 Å². The number of hydrogen-bond donors (Lipinski definition) is 1. The third kappa shape index (κ3) is 0.877. The highest BCUT2D eigenvalue weighted by Gasteiger charge is 2.34. The summed E-state index contributed by atoms with van der Waals surface area (Å²) in [6.45, 7) is 0. The molecule has 1 heteroatoms. The number of rotatable bonds is 0. The van der Waals surface area contributed by atoms with Crippen molar-refractivity contribution in [1.82, 2.24) is 0 Å². The van der Waals surface area contributed by atoms with E-state index in [0.29, 0.717) is 5.92 Å². The zero-order valence-corrected chi connectivity index (χ0v) is 5.71. The van der Waals surface area contributed by atoms with Gasteiger partial charge in [0, 0.05) is 0 Å². The Balaban J connectivity index is 2.05. The Morgan fingerprint density at radius 1 is 1.00 bits per heavy atom. The van der Waals surface area contributed by atoms with Gasteiger partial charge in [-0.05, 0) is 37.5 Å². The molecule has 2 saturated carbocycles. The first-order valence-electron chi connectivity index (χ1n) is 4.04. The van der Waals surface area contributed by atoms with Gasteiger partial charge in [0.25, 0.3) is 0 Å². The lowest BCUT2D eigenvalue weighted by Crippen LogP contribution is -2.22. The smallest absolute Gasteiger partial charge is 0.0568 e. The van der Waals surface area contributed by atoms with Crippen LogP contribution in [0.3, 0.4) is 0 Å². The molecule has 0 aromatic heterocycles. The van der Waals surface area contributed by atoms with Gasteiger partial charge in [0.1, 0.15) is 0 Å². The highest BCUT2D eigenvalue weighted by Crippen LogP contribution is 2.41. The van der Waals surface area contributed by atoms with Gasteiger partial charge in [0.05, 0.1) is 6.10 Å². The van der Waals surface area contributed by atoms with Gasteiger partial charge in [-0.3, -0.25) is 0 Å². The van der Waals surface area contributed by atoms with E-state index in [1.165, 1.54) is 25.7 Å². The van der Waals surface area contributed by atoms with Gasteiger partial charge in [0.2, 0.25) is 0 Å². The second-order valence-corrected chi connectivity index (χ2v) is 3.58. The fourth-order valence-electron chi connectivity index (χ4n) is 2.37. The minimum Gasteiger partial charge on any atom is -0.393 e. The van der Waals surface area contributed by atoms with E-state index in [1.54, 1.807) is 0 Å². The van der Waals surface area contributed by atoms with E-state index >= 15 is 0 Å². The first-order valence-corrected chi connectivity index (χ1v) is 4.04. The molecule has 9 heavy (non-hydrogen) atoms. The SMILES string of the molecule is OC1CC[C@@H]2CC[C@H]1C2. The number of aliphatic hydroxyl groups is 1. The van der Waals surface area contributed by atoms with Gasteiger partial charge >= 0.3 is 0 Å². The Labute approximate surface area is 56.1 Å². The Morgan fingerprint density at radius 2 is 1.78 bits per heavy atom. The Morgan fingerprint density at radius 3 is 2.56 bits per heavy atom. The Bertz CT molecular complexity index is 111. The van der Waals surface area contributed by atoms with E-state index in [0.717, 1.165) is 12.3 Å². The van der Waals surface area contributed by atoms with Crippen LogP contribution in [0, 0.1) is 11.8 Å². The van der Waals surface area contributed by atoms with Gasteiger partial charge in [-0.25, -0.2) is 0 Å². The molecule has 0 radical (unpaired) electrons. The van der Waals surface area contributed by atoms with Crippen molar-refractivity contribution in [2.45, 2.75) is 38.2 Å². The summed E-state index contributed by atoms with van der Waals surface area (Å²) in [7, 11) is 0. The summed E-state index contributed by atoms with van der Waals surface area (Å²) < 4.78 is 0. The second kappa shape index (κ2) is 1.98. The number of fused-ring (bicyclic) bond motifs is 2. The minimum atomic E-state index is 0.0590. The molecule has 0 aromatic carbocycles. The van der Waals surface area contributed by atoms with Crippen molar-refractivity contribution >= 4 is 0 Å². The molecule has 2 fully saturated rings. The first kappa shape index (κ1) is 5.72. The number of hydrogen-bond acceptors (Lipinski definition) is 1. The summed E-state index contributed by atoms with van der Waals surface area (Å²) in [5.41, 5.74) is 0. The van der Waals surface area contributed by atoms with Crippen molar-refractivity contribution in [2.24, 2.45) is 11.8 Å². The quantitative estimate of drug-likeness (QED) is 0.522. The molecule has 1 N–H and O–H groups in total. The molecule has 0 heterocycles. The van der Waals surface area contributed by atoms with Crippen LogP contribution >= 0.6 is 0 Å². The predicted molar refractivity (Wildman–Crippen MR) is 36.1 cm³/mol. The average molecular weight is 126 g/mol. The van der Waals surface area contributed by atoms with E-state index < -0.39 is 0 Å². The molecule has 0 amide bonds. The van der Waals surface area contributed by atoms with E-state index in [4.69, 9.17) is 0 Å². The zero-order valence-electron chi connectivity index (χ0n) is 5.71. The molecule has 2 bridgehead atoms. The summed E-state index contributed by atoms with van der Waals surface area (Å²) in [5, 5.41) is 9.40. The molecule has 0 saturated heterocycles. The van der Waals surface area contributed by atoms with Crippen LogP contribution in [0.1, 0.15) is 32.1 Å². The third-order valence-corrected chi connectivity index (χ3v) is 3.00. The molecular formula is C8H14O. The molecule has 2 rings (SSSR count). The van der Waals surface area contributed by atoms with Gasteiger partial charge in [0.15, 0.2) is 0 Å². The number of aliphatic hydroxyl groups excluding tert-OH is 1. The summed E-state index contributed by atoms with van der Waals surface area (Å²) in [6.07, 6.45) is 6.44. The van der Waals surface area contributed by atoms with Gasteiger partial charge in [-0.2, -0.15) is 0 Å². The lowest BCUT2D eigenvalue weighted by molar-refractivity contribution is 0.0770. The van der Waals surface area contributed by atoms with E-state index in [9.17, 15) is 5.11 Å². The molecular weight excluding hydrogens is 112 g/mol. The van der Waals surface area contributed by atoms with Crippen molar-refractivity contribution in [1.29, 1.82) is 0 Å². The van der Waals surface area contributed by atoms with Gasteiger partial charge in [-0.1, -0.05) is 6.42 Å². The highest BCUT2D eigenvalue weighted by atomic mass is 16.3. The van der Waals surface area contributed by atoms with Crippen LogP contribution in [-0.4, -0.2) is 11.2 Å². The molecule has 0 aliphatic heterocycles. The fraction of sp³-hybridized carbons (Fsp3) is 1.00. The van der Waals surface area contributed by atoms with Crippen LogP contribution < -0.4 is 0 Å². The molecule has 2 aliphatic carbocycles. The van der Waals surface area contributed by atoms with Crippen molar-refractivity contribution in [3.63, 3.8) is 0 Å². The van der Waals surface area contributed by atoms with E-state index in [2.05, 4.69) is 0 Å². The zero-order chi connectivity index (χ0) is 6.27. The van der Waals surface area contributed by atoms with Crippen LogP contribution in [0.15, 0.2) is 0 Å². The summed E-state index contributed by atoms with van der Waals surface area (Å²) in [5.74, 6) is 1.67. The Hall–Kier alpha value is -0.0400. The summed E-state index contributed by atoms with van der Waals surface area (Å²) in [6, 6.07) is 0. The fourth-order valence-corrected chi connectivity index (χ4v) is 2.37. The lowest BCUT2D eigenvalue weighted by atomic mass is 9.87. The monoisotopic (exact) mass is 126 g/mol. The van der Waals surface area contributed by atoms with E-state index in [-0.39, 0.29) is 6.10 Å². The maximum Gasteiger partial charge on any atom is 0.0568 e. The molecule has 0 aromatic rings. The van der Waals surface area contributed by atoms with Crippen LogP contribution in [0.4, 0.5) is 0 Å². The van der Waals surface area contributed by atoms with Crippen molar-refractivity contribution < 1.29 is 5.11 Å². The van der Waals surface area contributed by atoms with Gasteiger partial charge in [-0.15, -0.1) is 0 Å². The van der Waals surface area contributed by atoms with Crippen LogP contribution in [0.25, 0.3) is 0 Å². The molecule has 1 nitrogen and oxygen atoms in total.